The summed E-state index contributed by atoms with van der Waals surface area (Å²) in [6.07, 6.45) is 4.83. The first-order chi connectivity index (χ1) is 24.2. The van der Waals surface area contributed by atoms with Crippen LogP contribution in [0, 0.1) is 33.5 Å². The van der Waals surface area contributed by atoms with Gasteiger partial charge in [0.2, 0.25) is 23.6 Å². The second kappa shape index (κ2) is 14.2. The number of likely N-dealkylation sites (tertiary alicyclic amines) is 2. The molecule has 51 heavy (non-hydrogen) atoms. The van der Waals surface area contributed by atoms with E-state index in [-0.39, 0.29) is 65.6 Å². The molecule has 1 N–H and O–H groups in total. The molecule has 3 heterocycles. The summed E-state index contributed by atoms with van der Waals surface area (Å²) in [7, 11) is 0. The highest BCUT2D eigenvalue weighted by molar-refractivity contribution is 6.31. The van der Waals surface area contributed by atoms with Crippen molar-refractivity contribution in [1.29, 1.82) is 5.26 Å². The third-order valence-corrected chi connectivity index (χ3v) is 12.4. The van der Waals surface area contributed by atoms with Gasteiger partial charge in [-0.1, -0.05) is 63.6 Å². The fraction of sp³-hybridized carbons (Fsp3) is 0.550. The topological polar surface area (TPSA) is 137 Å². The zero-order valence-corrected chi connectivity index (χ0v) is 30.7. The molecule has 2 aromatic carbocycles. The Hall–Kier alpha value is -4.07. The Kier molecular flexibility index (Phi) is 10.2. The Balaban J connectivity index is 0.934. The zero-order chi connectivity index (χ0) is 36.7. The second-order valence-electron chi connectivity index (χ2n) is 16.1. The predicted octanol–water partition coefficient (Wildman–Crippen LogP) is 5.88. The van der Waals surface area contributed by atoms with Crippen molar-refractivity contribution in [3.8, 4) is 11.8 Å². The minimum atomic E-state index is -0.884. The number of unbranched alkanes of at least 4 members (excludes halogenated alkanes) is 1. The average Bonchev–Trinajstić information content (AvgIpc) is 3.33. The fourth-order valence-electron chi connectivity index (χ4n) is 9.30. The number of carbonyl (C=O) groups is 5. The smallest absolute Gasteiger partial charge is 0.249 e. The van der Waals surface area contributed by atoms with E-state index in [9.17, 15) is 29.2 Å². The summed E-state index contributed by atoms with van der Waals surface area (Å²) < 4.78 is 6.38. The van der Waals surface area contributed by atoms with Crippen molar-refractivity contribution in [3.63, 3.8) is 0 Å². The van der Waals surface area contributed by atoms with E-state index < -0.39 is 17.4 Å². The zero-order valence-electron chi connectivity index (χ0n) is 29.9. The van der Waals surface area contributed by atoms with E-state index in [0.29, 0.717) is 41.2 Å². The Morgan fingerprint density at radius 3 is 2.31 bits per heavy atom. The van der Waals surface area contributed by atoms with Crippen LogP contribution in [0.3, 0.4) is 0 Å². The number of aryl methyl sites for hydroxylation is 1. The van der Waals surface area contributed by atoms with Gasteiger partial charge in [-0.15, -0.1) is 0 Å². The number of piperidine rings is 2. The van der Waals surface area contributed by atoms with Crippen LogP contribution in [-0.4, -0.2) is 71.0 Å². The molecule has 2 aromatic rings. The maximum Gasteiger partial charge on any atom is 0.249 e. The molecule has 10 nitrogen and oxygen atoms in total. The fourth-order valence-corrected chi connectivity index (χ4v) is 9.51. The van der Waals surface area contributed by atoms with Crippen molar-refractivity contribution in [2.24, 2.45) is 22.2 Å². The van der Waals surface area contributed by atoms with Crippen LogP contribution in [0.15, 0.2) is 42.5 Å². The largest absolute Gasteiger partial charge is 0.489 e. The number of hydrogen-bond acceptors (Lipinski definition) is 8. The lowest BCUT2D eigenvalue weighted by Gasteiger charge is -2.63. The van der Waals surface area contributed by atoms with Gasteiger partial charge >= 0.3 is 0 Å². The predicted molar refractivity (Wildman–Crippen MR) is 191 cm³/mol. The Morgan fingerprint density at radius 2 is 1.69 bits per heavy atom. The molecule has 270 valence electrons. The van der Waals surface area contributed by atoms with Gasteiger partial charge in [-0.3, -0.25) is 34.2 Å². The van der Waals surface area contributed by atoms with Crippen molar-refractivity contribution in [3.05, 3.63) is 64.2 Å². The van der Waals surface area contributed by atoms with Gasteiger partial charge in [-0.25, -0.2) is 0 Å². The third kappa shape index (κ3) is 7.07. The maximum absolute atomic E-state index is 13.4. The van der Waals surface area contributed by atoms with Gasteiger partial charge in [0.25, 0.3) is 0 Å². The van der Waals surface area contributed by atoms with Crippen molar-refractivity contribution < 1.29 is 28.7 Å². The van der Waals surface area contributed by atoms with E-state index in [1.807, 2.05) is 24.3 Å². The molecule has 3 saturated heterocycles. The third-order valence-electron chi connectivity index (χ3n) is 12.1. The standard InChI is InChI=1S/C40H47ClN4O6/c1-38(2)32(39(3,4)36(38)51-28-13-12-27(24-42)29(41)21-28)22-31(46)26-10-8-25(9-11-26)7-5-6-18-44-19-16-40(17-20-44)23-34(48)45(37(40)50)30-14-15-33(47)43-35(30)49/h8-13,21,30,32,36H,5-7,14-20,22-23H2,1-4H3,(H,43,47,49). The van der Waals surface area contributed by atoms with Gasteiger partial charge in [0.1, 0.15) is 24.0 Å². The summed E-state index contributed by atoms with van der Waals surface area (Å²) in [5, 5.41) is 11.8. The number of amides is 4. The number of hydrogen-bond donors (Lipinski definition) is 1. The van der Waals surface area contributed by atoms with Crippen LogP contribution in [0.5, 0.6) is 5.75 Å². The molecule has 1 unspecified atom stereocenters. The van der Waals surface area contributed by atoms with Crippen molar-refractivity contribution in [2.75, 3.05) is 19.6 Å². The van der Waals surface area contributed by atoms with Gasteiger partial charge in [-0.2, -0.15) is 5.26 Å². The number of rotatable bonds is 11. The first-order valence-corrected chi connectivity index (χ1v) is 18.4. The minimum absolute atomic E-state index is 0.120. The Morgan fingerprint density at radius 1 is 1.00 bits per heavy atom. The molecule has 3 aliphatic heterocycles. The molecular weight excluding hydrogens is 668 g/mol. The monoisotopic (exact) mass is 714 g/mol. The Labute approximate surface area is 304 Å². The summed E-state index contributed by atoms with van der Waals surface area (Å²) in [4.78, 5) is 67.1. The number of Topliss-reactive ketones (excluding diaryl/α,β-unsaturated/α-hetero) is 1. The van der Waals surface area contributed by atoms with Gasteiger partial charge in [-0.05, 0) is 81.8 Å². The van der Waals surface area contributed by atoms with Crippen molar-refractivity contribution >= 4 is 41.0 Å². The number of ketones is 1. The number of nitrogens with zero attached hydrogens (tertiary/aromatic N) is 3. The molecule has 4 amide bonds. The molecule has 4 aliphatic rings. The number of halogens is 1. The first-order valence-electron chi connectivity index (χ1n) is 18.1. The van der Waals surface area contributed by atoms with E-state index in [0.717, 1.165) is 43.8 Å². The number of carbonyl (C=O) groups excluding carboxylic acids is 5. The molecule has 1 aliphatic carbocycles. The van der Waals surface area contributed by atoms with E-state index in [2.05, 4.69) is 44.0 Å². The number of ether oxygens (including phenoxy) is 1. The summed E-state index contributed by atoms with van der Waals surface area (Å²) in [6.45, 7) is 10.9. The molecule has 1 spiro atoms. The average molecular weight is 715 g/mol. The van der Waals surface area contributed by atoms with Gasteiger partial charge in [0.05, 0.1) is 16.0 Å². The molecule has 4 fully saturated rings. The molecule has 0 bridgehead atoms. The molecule has 0 aromatic heterocycles. The highest BCUT2D eigenvalue weighted by Crippen LogP contribution is 2.61. The van der Waals surface area contributed by atoms with E-state index in [4.69, 9.17) is 16.3 Å². The summed E-state index contributed by atoms with van der Waals surface area (Å²) >= 11 is 6.23. The molecule has 1 atom stereocenters. The first kappa shape index (κ1) is 36.7. The van der Waals surface area contributed by atoms with Crippen LogP contribution in [0.1, 0.15) is 101 Å². The number of benzene rings is 2. The van der Waals surface area contributed by atoms with Gasteiger partial charge < -0.3 is 9.64 Å². The normalized spacial score (nSPS) is 25.3. The summed E-state index contributed by atoms with van der Waals surface area (Å²) in [5.41, 5.74) is 1.08. The lowest BCUT2D eigenvalue weighted by molar-refractivity contribution is -0.196. The van der Waals surface area contributed by atoms with Crippen LogP contribution >= 0.6 is 11.6 Å². The van der Waals surface area contributed by atoms with Gasteiger partial charge in [0.15, 0.2) is 5.78 Å². The summed E-state index contributed by atoms with van der Waals surface area (Å²) in [5.74, 6) is -0.625. The lowest BCUT2D eigenvalue weighted by Crippen LogP contribution is -2.66. The van der Waals surface area contributed by atoms with Crippen LogP contribution in [-0.2, 0) is 25.6 Å². The lowest BCUT2D eigenvalue weighted by atomic mass is 9.44. The quantitative estimate of drug-likeness (QED) is 0.173. The van der Waals surface area contributed by atoms with Crippen LogP contribution < -0.4 is 10.1 Å². The highest BCUT2D eigenvalue weighted by Gasteiger charge is 2.63. The molecular formula is C40H47ClN4O6. The molecule has 1 saturated carbocycles. The highest BCUT2D eigenvalue weighted by atomic mass is 35.5. The van der Waals surface area contributed by atoms with Gasteiger partial charge in [0, 0.05) is 41.7 Å². The maximum atomic E-state index is 13.4. The minimum Gasteiger partial charge on any atom is -0.489 e. The Bertz CT molecular complexity index is 1760. The number of imide groups is 2. The van der Waals surface area contributed by atoms with E-state index in [1.54, 1.807) is 18.2 Å². The SMILES string of the molecule is CC1(C)C(CC(=O)c2ccc(CCCCN3CCC4(CC3)CC(=O)N(C3CCC(=O)NC3=O)C4=O)cc2)C(C)(C)C1Oc1ccc(C#N)c(Cl)c1. The van der Waals surface area contributed by atoms with Crippen molar-refractivity contribution in [2.45, 2.75) is 97.6 Å². The second-order valence-corrected chi connectivity index (χ2v) is 16.5. The molecule has 11 heteroatoms. The number of nitrogens with one attached hydrogen (secondary N) is 1. The molecule has 6 rings (SSSR count). The van der Waals surface area contributed by atoms with E-state index in [1.165, 1.54) is 5.56 Å². The summed E-state index contributed by atoms with van der Waals surface area (Å²) in [6, 6.07) is 14.3. The van der Waals surface area contributed by atoms with Crippen LogP contribution in [0.4, 0.5) is 0 Å². The molecule has 0 radical (unpaired) electrons. The van der Waals surface area contributed by atoms with Crippen LogP contribution in [0.25, 0.3) is 0 Å². The van der Waals surface area contributed by atoms with Crippen molar-refractivity contribution in [1.82, 2.24) is 15.1 Å². The number of nitriles is 1. The van der Waals surface area contributed by atoms with E-state index >= 15 is 0 Å². The van der Waals surface area contributed by atoms with Crippen LogP contribution in [0.2, 0.25) is 5.02 Å².